The van der Waals surface area contributed by atoms with Crippen LogP contribution in [0, 0.1) is 11.3 Å². The van der Waals surface area contributed by atoms with Crippen LogP contribution in [0.1, 0.15) is 5.56 Å². The quantitative estimate of drug-likeness (QED) is 0.695. The van der Waals surface area contributed by atoms with Crippen LogP contribution in [0.4, 0.5) is 5.69 Å². The molecule has 0 spiro atoms. The van der Waals surface area contributed by atoms with Crippen LogP contribution in [0.2, 0.25) is 0 Å². The van der Waals surface area contributed by atoms with Crippen molar-refractivity contribution >= 4 is 39.7 Å². The molecule has 0 saturated heterocycles. The Morgan fingerprint density at radius 3 is 2.54 bits per heavy atom. The summed E-state index contributed by atoms with van der Waals surface area (Å²) in [5.41, 5.74) is 1.23. The first-order valence-electron chi connectivity index (χ1n) is 7.87. The number of carbonyl (C=O) groups excluding carboxylic acids is 1. The highest BCUT2D eigenvalue weighted by Crippen LogP contribution is 2.24. The maximum absolute atomic E-state index is 12.0. The number of hydrogen-bond acceptors (Lipinski definition) is 4. The van der Waals surface area contributed by atoms with Crippen LogP contribution in [0.15, 0.2) is 66.7 Å². The normalized spacial score (nSPS) is 9.96. The van der Waals surface area contributed by atoms with Gasteiger partial charge in [0.15, 0.2) is 11.7 Å². The molecule has 0 bridgehead atoms. The van der Waals surface area contributed by atoms with Crippen molar-refractivity contribution in [2.75, 3.05) is 11.9 Å². The number of benzene rings is 3. The van der Waals surface area contributed by atoms with Gasteiger partial charge in [0.1, 0.15) is 5.75 Å². The summed E-state index contributed by atoms with van der Waals surface area (Å²) in [5, 5.41) is 16.4. The summed E-state index contributed by atoms with van der Waals surface area (Å²) in [5.74, 6) is 0.285. The average Bonchev–Trinajstić information content (AvgIpc) is 2.67. The fourth-order valence-electron chi connectivity index (χ4n) is 2.42. The van der Waals surface area contributed by atoms with Gasteiger partial charge in [-0.25, -0.2) is 0 Å². The minimum absolute atomic E-state index is 0.150. The van der Waals surface area contributed by atoms with E-state index in [9.17, 15) is 4.79 Å². The molecule has 3 aromatic rings. The standard InChI is InChI=1S/C20H15N3O2S/c21-12-14-8-10-16(11-9-14)22-20(26)23-19(24)13-25-18-7-3-5-15-4-1-2-6-17(15)18/h1-11H,13H2,(H2,22,23,24,26). The van der Waals surface area contributed by atoms with Crippen LogP contribution >= 0.6 is 12.2 Å². The molecule has 0 aliphatic heterocycles. The minimum Gasteiger partial charge on any atom is -0.483 e. The van der Waals surface area contributed by atoms with Crippen molar-refractivity contribution in [3.05, 3.63) is 72.3 Å². The largest absolute Gasteiger partial charge is 0.483 e. The summed E-state index contributed by atoms with van der Waals surface area (Å²) in [6, 6.07) is 22.3. The van der Waals surface area contributed by atoms with Crippen molar-refractivity contribution in [1.82, 2.24) is 5.32 Å². The highest BCUT2D eigenvalue weighted by Gasteiger charge is 2.08. The molecule has 128 valence electrons. The zero-order valence-corrected chi connectivity index (χ0v) is 14.5. The number of carbonyl (C=O) groups is 1. The molecule has 26 heavy (non-hydrogen) atoms. The van der Waals surface area contributed by atoms with E-state index in [-0.39, 0.29) is 17.6 Å². The molecule has 0 fully saturated rings. The van der Waals surface area contributed by atoms with Crippen molar-refractivity contribution in [2.24, 2.45) is 0 Å². The number of thiocarbonyl (C=S) groups is 1. The van der Waals surface area contributed by atoms with Gasteiger partial charge in [-0.05, 0) is 47.9 Å². The second-order valence-electron chi connectivity index (χ2n) is 5.46. The van der Waals surface area contributed by atoms with Crippen LogP contribution < -0.4 is 15.4 Å². The van der Waals surface area contributed by atoms with Crippen LogP contribution in [0.5, 0.6) is 5.75 Å². The van der Waals surface area contributed by atoms with Gasteiger partial charge in [0.2, 0.25) is 0 Å². The third kappa shape index (κ3) is 4.35. The van der Waals surface area contributed by atoms with Crippen LogP contribution in [-0.4, -0.2) is 17.6 Å². The fraction of sp³-hybridized carbons (Fsp3) is 0.0500. The lowest BCUT2D eigenvalue weighted by Gasteiger charge is -2.11. The summed E-state index contributed by atoms with van der Waals surface area (Å²) >= 11 is 5.12. The van der Waals surface area contributed by atoms with E-state index in [2.05, 4.69) is 10.6 Å². The maximum Gasteiger partial charge on any atom is 0.264 e. The second kappa shape index (κ2) is 8.10. The van der Waals surface area contributed by atoms with Crippen LogP contribution in [0.3, 0.4) is 0 Å². The molecule has 0 radical (unpaired) electrons. The molecule has 1 amide bonds. The van der Waals surface area contributed by atoms with Crippen molar-refractivity contribution in [2.45, 2.75) is 0 Å². The van der Waals surface area contributed by atoms with Gasteiger partial charge in [0, 0.05) is 11.1 Å². The Morgan fingerprint density at radius 1 is 1.04 bits per heavy atom. The second-order valence-corrected chi connectivity index (χ2v) is 5.87. The molecule has 3 aromatic carbocycles. The predicted molar refractivity (Wildman–Crippen MR) is 105 cm³/mol. The minimum atomic E-state index is -0.357. The lowest BCUT2D eigenvalue weighted by Crippen LogP contribution is -2.37. The summed E-state index contributed by atoms with van der Waals surface area (Å²) in [4.78, 5) is 12.0. The van der Waals surface area contributed by atoms with Gasteiger partial charge in [0.25, 0.3) is 5.91 Å². The van der Waals surface area contributed by atoms with E-state index in [1.807, 2.05) is 48.5 Å². The Kier molecular flexibility index (Phi) is 5.42. The molecule has 0 aliphatic carbocycles. The van der Waals surface area contributed by atoms with Gasteiger partial charge in [0.05, 0.1) is 11.6 Å². The number of nitrogens with zero attached hydrogens (tertiary/aromatic N) is 1. The Labute approximate surface area is 156 Å². The lowest BCUT2D eigenvalue weighted by molar-refractivity contribution is -0.121. The Balaban J connectivity index is 1.55. The third-order valence-electron chi connectivity index (χ3n) is 3.63. The Bertz CT molecular complexity index is 989. The van der Waals surface area contributed by atoms with Gasteiger partial charge < -0.3 is 10.1 Å². The molecule has 2 N–H and O–H groups in total. The predicted octanol–water partition coefficient (Wildman–Crippen LogP) is 3.60. The maximum atomic E-state index is 12.0. The number of hydrogen-bond donors (Lipinski definition) is 2. The average molecular weight is 361 g/mol. The monoisotopic (exact) mass is 361 g/mol. The van der Waals surface area contributed by atoms with E-state index in [0.717, 1.165) is 10.8 Å². The summed E-state index contributed by atoms with van der Waals surface area (Å²) in [7, 11) is 0. The third-order valence-corrected chi connectivity index (χ3v) is 3.84. The van der Waals surface area contributed by atoms with E-state index < -0.39 is 0 Å². The first-order valence-corrected chi connectivity index (χ1v) is 8.28. The first-order chi connectivity index (χ1) is 12.7. The van der Waals surface area contributed by atoms with Crippen molar-refractivity contribution < 1.29 is 9.53 Å². The van der Waals surface area contributed by atoms with E-state index in [4.69, 9.17) is 22.2 Å². The number of rotatable bonds is 4. The molecule has 0 aromatic heterocycles. The van der Waals surface area contributed by atoms with Gasteiger partial charge in [-0.3, -0.25) is 10.1 Å². The Hall–Kier alpha value is -3.43. The molecular weight excluding hydrogens is 346 g/mol. The number of amides is 1. The smallest absolute Gasteiger partial charge is 0.264 e. The van der Waals surface area contributed by atoms with Crippen LogP contribution in [0.25, 0.3) is 10.8 Å². The van der Waals surface area contributed by atoms with Gasteiger partial charge in [-0.15, -0.1) is 0 Å². The highest BCUT2D eigenvalue weighted by molar-refractivity contribution is 7.80. The lowest BCUT2D eigenvalue weighted by atomic mass is 10.1. The van der Waals surface area contributed by atoms with Gasteiger partial charge >= 0.3 is 0 Å². The molecule has 3 rings (SSSR count). The highest BCUT2D eigenvalue weighted by atomic mass is 32.1. The molecule has 0 saturated carbocycles. The number of nitriles is 1. The van der Waals surface area contributed by atoms with E-state index >= 15 is 0 Å². The fourth-order valence-corrected chi connectivity index (χ4v) is 2.65. The summed E-state index contributed by atoms with van der Waals surface area (Å²) in [6.45, 7) is -0.150. The van der Waals surface area contributed by atoms with Gasteiger partial charge in [-0.2, -0.15) is 5.26 Å². The Morgan fingerprint density at radius 2 is 1.77 bits per heavy atom. The molecule has 5 nitrogen and oxygen atoms in total. The number of anilines is 1. The summed E-state index contributed by atoms with van der Waals surface area (Å²) in [6.07, 6.45) is 0. The van der Waals surface area contributed by atoms with Crippen molar-refractivity contribution in [1.29, 1.82) is 5.26 Å². The molecule has 0 aliphatic rings. The molecule has 0 unspecified atom stereocenters. The van der Waals surface area contributed by atoms with Gasteiger partial charge in [-0.1, -0.05) is 36.4 Å². The topological polar surface area (TPSA) is 74.2 Å². The number of fused-ring (bicyclic) bond motifs is 1. The number of ether oxygens (including phenoxy) is 1. The van der Waals surface area contributed by atoms with E-state index in [1.165, 1.54) is 0 Å². The first kappa shape index (κ1) is 17.4. The van der Waals surface area contributed by atoms with Crippen LogP contribution in [-0.2, 0) is 4.79 Å². The molecule has 0 heterocycles. The summed E-state index contributed by atoms with van der Waals surface area (Å²) < 4.78 is 5.63. The zero-order chi connectivity index (χ0) is 18.4. The number of nitrogens with one attached hydrogen (secondary N) is 2. The molecule has 0 atom stereocenters. The van der Waals surface area contributed by atoms with Crippen molar-refractivity contribution in [3.8, 4) is 11.8 Å². The van der Waals surface area contributed by atoms with Crippen molar-refractivity contribution in [3.63, 3.8) is 0 Å². The molecular formula is C20H15N3O2S. The zero-order valence-electron chi connectivity index (χ0n) is 13.7. The van der Waals surface area contributed by atoms with E-state index in [0.29, 0.717) is 17.0 Å². The van der Waals surface area contributed by atoms with E-state index in [1.54, 1.807) is 24.3 Å². The SMILES string of the molecule is N#Cc1ccc(NC(=S)NC(=O)COc2cccc3ccccc23)cc1. The molecule has 6 heteroatoms.